The number of carbonyl (C=O) groups excluding carboxylic acids is 2. The molecule has 1 aromatic heterocycles. The first kappa shape index (κ1) is 24.3. The number of nitro groups is 1. The summed E-state index contributed by atoms with van der Waals surface area (Å²) in [6, 6.07) is 24.2. The van der Waals surface area contributed by atoms with Crippen LogP contribution in [0.25, 0.3) is 0 Å². The average molecular weight is 485 g/mol. The van der Waals surface area contributed by atoms with E-state index in [1.54, 1.807) is 0 Å². The highest BCUT2D eigenvalue weighted by atomic mass is 16.6. The summed E-state index contributed by atoms with van der Waals surface area (Å²) in [6.45, 7) is 2.59. The van der Waals surface area contributed by atoms with Crippen molar-refractivity contribution >= 4 is 17.5 Å². The second-order valence-corrected chi connectivity index (χ2v) is 8.30. The number of carbonyl (C=O) groups is 2. The summed E-state index contributed by atoms with van der Waals surface area (Å²) in [5.74, 6) is -0.500. The zero-order valence-electron chi connectivity index (χ0n) is 19.6. The SMILES string of the molecule is Cc1ccc(CNC(=O)c2cc(CN(Cc3ccccc3)C(=O)c3cccc([N+](=O)[O-])c3)on2)cc1. The topological polar surface area (TPSA) is 119 Å². The molecule has 0 saturated heterocycles. The highest BCUT2D eigenvalue weighted by Gasteiger charge is 2.22. The lowest BCUT2D eigenvalue weighted by Gasteiger charge is -2.21. The van der Waals surface area contributed by atoms with E-state index in [0.29, 0.717) is 12.3 Å². The van der Waals surface area contributed by atoms with Crippen molar-refractivity contribution in [2.45, 2.75) is 26.6 Å². The molecule has 0 spiro atoms. The molecule has 36 heavy (non-hydrogen) atoms. The number of benzene rings is 3. The number of nitrogens with zero attached hydrogens (tertiary/aromatic N) is 3. The molecule has 4 rings (SSSR count). The Morgan fingerprint density at radius 3 is 2.42 bits per heavy atom. The molecule has 0 aliphatic rings. The number of hydrogen-bond donors (Lipinski definition) is 1. The Bertz CT molecular complexity index is 1370. The molecule has 0 bridgehead atoms. The molecule has 182 valence electrons. The van der Waals surface area contributed by atoms with Gasteiger partial charge in [-0.1, -0.05) is 71.4 Å². The van der Waals surface area contributed by atoms with Gasteiger partial charge in [-0.25, -0.2) is 0 Å². The predicted octanol–water partition coefficient (Wildman–Crippen LogP) is 4.66. The van der Waals surface area contributed by atoms with Crippen LogP contribution in [0.3, 0.4) is 0 Å². The van der Waals surface area contributed by atoms with Gasteiger partial charge in [0.15, 0.2) is 11.5 Å². The van der Waals surface area contributed by atoms with Gasteiger partial charge in [-0.15, -0.1) is 0 Å². The van der Waals surface area contributed by atoms with Crippen LogP contribution < -0.4 is 5.32 Å². The van der Waals surface area contributed by atoms with Gasteiger partial charge >= 0.3 is 0 Å². The molecular weight excluding hydrogens is 460 g/mol. The second kappa shape index (κ2) is 11.1. The fourth-order valence-corrected chi connectivity index (χ4v) is 3.60. The van der Waals surface area contributed by atoms with Crippen molar-refractivity contribution in [2.24, 2.45) is 0 Å². The first-order chi connectivity index (χ1) is 17.4. The monoisotopic (exact) mass is 484 g/mol. The number of non-ortho nitro benzene ring substituents is 1. The molecular formula is C27H24N4O5. The smallest absolute Gasteiger partial charge is 0.273 e. The van der Waals surface area contributed by atoms with Gasteiger partial charge in [-0.3, -0.25) is 19.7 Å². The summed E-state index contributed by atoms with van der Waals surface area (Å²) in [5.41, 5.74) is 3.05. The molecule has 1 heterocycles. The molecule has 9 heteroatoms. The van der Waals surface area contributed by atoms with E-state index in [9.17, 15) is 19.7 Å². The van der Waals surface area contributed by atoms with Gasteiger partial charge in [0.05, 0.1) is 11.5 Å². The summed E-state index contributed by atoms with van der Waals surface area (Å²) >= 11 is 0. The number of amides is 2. The lowest BCUT2D eigenvalue weighted by atomic mass is 10.1. The lowest BCUT2D eigenvalue weighted by Crippen LogP contribution is -2.30. The predicted molar refractivity (Wildman–Crippen MR) is 132 cm³/mol. The van der Waals surface area contributed by atoms with E-state index < -0.39 is 16.7 Å². The number of rotatable bonds is 9. The standard InChI is InChI=1S/C27H24N4O5/c1-19-10-12-20(13-11-19)16-28-26(32)25-15-24(36-29-25)18-30(17-21-6-3-2-4-7-21)27(33)22-8-5-9-23(14-22)31(34)35/h2-15H,16-18H2,1H3,(H,28,32). The van der Waals surface area contributed by atoms with Gasteiger partial charge in [-0.2, -0.15) is 0 Å². The van der Waals surface area contributed by atoms with Crippen LogP contribution in [0.1, 0.15) is 43.3 Å². The first-order valence-electron chi connectivity index (χ1n) is 11.3. The first-order valence-corrected chi connectivity index (χ1v) is 11.3. The quantitative estimate of drug-likeness (QED) is 0.273. The fourth-order valence-electron chi connectivity index (χ4n) is 3.60. The van der Waals surface area contributed by atoms with Gasteiger partial charge in [0.1, 0.15) is 0 Å². The van der Waals surface area contributed by atoms with Gasteiger partial charge in [0, 0.05) is 36.9 Å². The summed E-state index contributed by atoms with van der Waals surface area (Å²) in [4.78, 5) is 38.0. The van der Waals surface area contributed by atoms with Crippen LogP contribution in [0.5, 0.6) is 0 Å². The van der Waals surface area contributed by atoms with E-state index in [0.717, 1.165) is 16.7 Å². The molecule has 0 unspecified atom stereocenters. The maximum absolute atomic E-state index is 13.3. The van der Waals surface area contributed by atoms with Crippen LogP contribution in [-0.4, -0.2) is 26.8 Å². The summed E-state index contributed by atoms with van der Waals surface area (Å²) in [5, 5.41) is 17.8. The van der Waals surface area contributed by atoms with Crippen molar-refractivity contribution < 1.29 is 19.0 Å². The van der Waals surface area contributed by atoms with E-state index in [1.807, 2.05) is 61.5 Å². The summed E-state index contributed by atoms with van der Waals surface area (Å²) < 4.78 is 5.36. The third-order valence-corrected chi connectivity index (χ3v) is 5.52. The zero-order valence-corrected chi connectivity index (χ0v) is 19.6. The van der Waals surface area contributed by atoms with E-state index in [2.05, 4.69) is 10.5 Å². The molecule has 0 aliphatic heterocycles. The lowest BCUT2D eigenvalue weighted by molar-refractivity contribution is -0.384. The van der Waals surface area contributed by atoms with Gasteiger partial charge in [0.25, 0.3) is 17.5 Å². The van der Waals surface area contributed by atoms with E-state index in [1.165, 1.54) is 35.2 Å². The van der Waals surface area contributed by atoms with Crippen LogP contribution in [-0.2, 0) is 19.6 Å². The molecule has 0 aliphatic carbocycles. The highest BCUT2D eigenvalue weighted by molar-refractivity contribution is 5.95. The summed E-state index contributed by atoms with van der Waals surface area (Å²) in [7, 11) is 0. The number of aromatic nitrogens is 1. The Balaban J connectivity index is 1.49. The van der Waals surface area contributed by atoms with Crippen LogP contribution in [0.2, 0.25) is 0 Å². The summed E-state index contributed by atoms with van der Waals surface area (Å²) in [6.07, 6.45) is 0. The normalized spacial score (nSPS) is 10.6. The second-order valence-electron chi connectivity index (χ2n) is 8.30. The van der Waals surface area contributed by atoms with Gasteiger partial charge < -0.3 is 14.7 Å². The van der Waals surface area contributed by atoms with Crippen molar-refractivity contribution in [1.29, 1.82) is 0 Å². The number of aryl methyl sites for hydroxylation is 1. The molecule has 1 N–H and O–H groups in total. The number of nitrogens with one attached hydrogen (secondary N) is 1. The molecule has 0 saturated carbocycles. The minimum Gasteiger partial charge on any atom is -0.359 e. The van der Waals surface area contributed by atoms with E-state index >= 15 is 0 Å². The minimum atomic E-state index is -0.545. The van der Waals surface area contributed by atoms with Crippen molar-refractivity contribution in [3.8, 4) is 0 Å². The van der Waals surface area contributed by atoms with Gasteiger partial charge in [-0.05, 0) is 24.1 Å². The molecule has 4 aromatic rings. The maximum Gasteiger partial charge on any atom is 0.273 e. The molecule has 0 fully saturated rings. The average Bonchev–Trinajstić information content (AvgIpc) is 3.37. The number of hydrogen-bond acceptors (Lipinski definition) is 6. The Hall–Kier alpha value is -4.79. The zero-order chi connectivity index (χ0) is 25.5. The van der Waals surface area contributed by atoms with Crippen molar-refractivity contribution in [3.63, 3.8) is 0 Å². The van der Waals surface area contributed by atoms with Crippen molar-refractivity contribution in [2.75, 3.05) is 0 Å². The van der Waals surface area contributed by atoms with Gasteiger partial charge in [0.2, 0.25) is 0 Å². The highest BCUT2D eigenvalue weighted by Crippen LogP contribution is 2.19. The van der Waals surface area contributed by atoms with Crippen LogP contribution in [0, 0.1) is 17.0 Å². The van der Waals surface area contributed by atoms with Crippen molar-refractivity contribution in [1.82, 2.24) is 15.4 Å². The third kappa shape index (κ3) is 6.20. The fraction of sp³-hybridized carbons (Fsp3) is 0.148. The Labute approximate surface area is 207 Å². The maximum atomic E-state index is 13.3. The van der Waals surface area contributed by atoms with Crippen LogP contribution >= 0.6 is 0 Å². The Morgan fingerprint density at radius 1 is 0.944 bits per heavy atom. The molecule has 0 radical (unpaired) electrons. The molecule has 0 atom stereocenters. The van der Waals surface area contributed by atoms with E-state index in [4.69, 9.17) is 4.52 Å². The molecule has 2 amide bonds. The van der Waals surface area contributed by atoms with Crippen LogP contribution in [0.15, 0.2) is 89.5 Å². The Morgan fingerprint density at radius 2 is 1.69 bits per heavy atom. The largest absolute Gasteiger partial charge is 0.359 e. The van der Waals surface area contributed by atoms with Crippen molar-refractivity contribution in [3.05, 3.63) is 129 Å². The third-order valence-electron chi connectivity index (χ3n) is 5.52. The molecule has 9 nitrogen and oxygen atoms in total. The van der Waals surface area contributed by atoms with Crippen LogP contribution in [0.4, 0.5) is 5.69 Å². The number of nitro benzene ring substituents is 1. The molecule has 3 aromatic carbocycles. The minimum absolute atomic E-state index is 0.0225. The Kier molecular flexibility index (Phi) is 7.50. The van der Waals surface area contributed by atoms with E-state index in [-0.39, 0.29) is 30.0 Å².